The van der Waals surface area contributed by atoms with Crippen LogP contribution in [-0.2, 0) is 7.05 Å². The van der Waals surface area contributed by atoms with Gasteiger partial charge in [-0.05, 0) is 60.7 Å². The van der Waals surface area contributed by atoms with E-state index in [2.05, 4.69) is 20.9 Å². The van der Waals surface area contributed by atoms with Gasteiger partial charge in [-0.2, -0.15) is 0 Å². The molecule has 9 heteroatoms. The molecule has 5 N–H and O–H groups in total. The van der Waals surface area contributed by atoms with E-state index in [9.17, 15) is 4.79 Å². The van der Waals surface area contributed by atoms with Crippen molar-refractivity contribution in [3.05, 3.63) is 109 Å². The zero-order valence-corrected chi connectivity index (χ0v) is 21.6. The predicted octanol–water partition coefficient (Wildman–Crippen LogP) is 3.60. The average molecular weight is 533 g/mol. The molecule has 188 valence electrons. The fourth-order valence-corrected chi connectivity index (χ4v) is 3.76. The summed E-state index contributed by atoms with van der Waals surface area (Å²) in [5.74, 6) is -0.176. The fourth-order valence-electron chi connectivity index (χ4n) is 3.76. The molecule has 0 atom stereocenters. The van der Waals surface area contributed by atoms with E-state index in [-0.39, 0.29) is 30.7 Å². The van der Waals surface area contributed by atoms with Gasteiger partial charge < -0.3 is 28.8 Å². The summed E-state index contributed by atoms with van der Waals surface area (Å²) < 4.78 is 1.96. The maximum absolute atomic E-state index is 12.8. The lowest BCUT2D eigenvalue weighted by Crippen LogP contribution is -3.00. The van der Waals surface area contributed by atoms with E-state index in [0.29, 0.717) is 16.9 Å². The van der Waals surface area contributed by atoms with Gasteiger partial charge >= 0.3 is 0 Å². The van der Waals surface area contributed by atoms with E-state index in [1.54, 1.807) is 12.3 Å². The average Bonchev–Trinajstić information content (AvgIpc) is 2.87. The summed E-state index contributed by atoms with van der Waals surface area (Å²) in [4.78, 5) is 17.2. The van der Waals surface area contributed by atoms with Gasteiger partial charge in [0, 0.05) is 53.5 Å². The third-order valence-electron chi connectivity index (χ3n) is 5.58. The molecule has 0 bridgehead atoms. The van der Waals surface area contributed by atoms with Crippen LogP contribution in [0.2, 0.25) is 0 Å². The summed E-state index contributed by atoms with van der Waals surface area (Å²) in [7, 11) is 1.97. The first-order valence-electron chi connectivity index (χ1n) is 11.2. The number of pyridine rings is 2. The summed E-state index contributed by atoms with van der Waals surface area (Å²) in [6, 6.07) is 26.5. The summed E-state index contributed by atoms with van der Waals surface area (Å²) in [6.07, 6.45) is 5.68. The van der Waals surface area contributed by atoms with E-state index >= 15 is 0 Å². The fraction of sp³-hybridized carbons (Fsp3) is 0.0357. The molecule has 0 saturated heterocycles. The lowest BCUT2D eigenvalue weighted by Gasteiger charge is -2.11. The number of hydrogen-bond acceptors (Lipinski definition) is 5. The SMILES string of the molecule is Cl.Cn1cc[c+](Nc2cccc(C(=O)Nc3ccc(Nc4ccnc5ccc(N)cc45)cc3)c2)cc1.[Cl-]. The molecule has 0 aliphatic rings. The Morgan fingerprint density at radius 3 is 2.41 bits per heavy atom. The van der Waals surface area contributed by atoms with Crippen molar-refractivity contribution in [3.8, 4) is 0 Å². The Morgan fingerprint density at radius 2 is 1.65 bits per heavy atom. The van der Waals surface area contributed by atoms with Crippen molar-refractivity contribution in [1.82, 2.24) is 9.55 Å². The number of anilines is 6. The van der Waals surface area contributed by atoms with Crippen LogP contribution < -0.4 is 34.1 Å². The van der Waals surface area contributed by atoms with E-state index in [1.165, 1.54) is 0 Å². The number of nitrogens with zero attached hydrogens (tertiary/aromatic N) is 2. The van der Waals surface area contributed by atoms with Crippen molar-refractivity contribution >= 4 is 63.3 Å². The molecule has 2 heterocycles. The number of hydrogen-bond donors (Lipinski definition) is 4. The number of aromatic nitrogens is 2. The molecule has 2 aromatic heterocycles. The van der Waals surface area contributed by atoms with Gasteiger partial charge in [-0.1, -0.05) is 0 Å². The van der Waals surface area contributed by atoms with Crippen LogP contribution in [0.15, 0.2) is 104 Å². The van der Waals surface area contributed by atoms with E-state index in [1.807, 2.05) is 103 Å². The standard InChI is InChI=1S/C28H24N6O.2ClH/c1-34-15-12-23(13-16-34)31-24-4-2-3-19(17-24)28(35)33-22-8-6-21(7-9-22)32-27-11-14-30-26-10-5-20(29)18-25(26)27;;/h2-18,31H,29H2,1H3,(H-,30,32,33,35);2*1H. The lowest BCUT2D eigenvalue weighted by molar-refractivity contribution is -0.0000147. The van der Waals surface area contributed by atoms with Crippen molar-refractivity contribution in [2.45, 2.75) is 0 Å². The number of carbonyl (C=O) groups excluding carboxylic acids is 1. The molecule has 5 aromatic rings. The van der Waals surface area contributed by atoms with Gasteiger partial charge in [0.1, 0.15) is 11.4 Å². The molecular weight excluding hydrogens is 507 g/mol. The van der Waals surface area contributed by atoms with Crippen molar-refractivity contribution in [3.63, 3.8) is 0 Å². The highest BCUT2D eigenvalue weighted by atomic mass is 35.5. The molecule has 0 unspecified atom stereocenters. The number of halogens is 2. The van der Waals surface area contributed by atoms with Crippen LogP contribution in [0.3, 0.4) is 0 Å². The highest BCUT2D eigenvalue weighted by Gasteiger charge is 2.10. The van der Waals surface area contributed by atoms with Crippen LogP contribution in [0.25, 0.3) is 10.9 Å². The number of nitrogen functional groups attached to an aromatic ring is 1. The van der Waals surface area contributed by atoms with Crippen molar-refractivity contribution in [2.75, 3.05) is 21.7 Å². The van der Waals surface area contributed by atoms with Gasteiger partial charge in [-0.15, -0.1) is 12.4 Å². The molecular formula is C28H26Cl2N6O. The van der Waals surface area contributed by atoms with Gasteiger partial charge in [-0.3, -0.25) is 19.7 Å². The van der Waals surface area contributed by atoms with Crippen molar-refractivity contribution < 1.29 is 17.2 Å². The Bertz CT molecular complexity index is 1510. The van der Waals surface area contributed by atoms with Gasteiger partial charge in [0.15, 0.2) is 0 Å². The summed E-state index contributed by atoms with van der Waals surface area (Å²) >= 11 is 0. The zero-order chi connectivity index (χ0) is 24.2. The first kappa shape index (κ1) is 27.3. The summed E-state index contributed by atoms with van der Waals surface area (Å²) in [5.41, 5.74) is 12.4. The normalized spacial score (nSPS) is 10.1. The molecule has 7 nitrogen and oxygen atoms in total. The molecule has 5 rings (SSSR count). The number of aryl methyl sites for hydroxylation is 1. The molecule has 0 spiro atoms. The first-order chi connectivity index (χ1) is 17.0. The quantitative estimate of drug-likeness (QED) is 0.198. The van der Waals surface area contributed by atoms with Crippen LogP contribution >= 0.6 is 12.4 Å². The van der Waals surface area contributed by atoms with Crippen molar-refractivity contribution in [2.24, 2.45) is 7.05 Å². The van der Waals surface area contributed by atoms with Crippen LogP contribution in [0, 0.1) is 0 Å². The lowest BCUT2D eigenvalue weighted by atomic mass is 10.1. The zero-order valence-electron chi connectivity index (χ0n) is 20.0. The Labute approximate surface area is 227 Å². The second-order valence-corrected chi connectivity index (χ2v) is 8.25. The van der Waals surface area contributed by atoms with Crippen LogP contribution in [0.5, 0.6) is 0 Å². The number of nitrogens with one attached hydrogen (secondary N) is 3. The number of amides is 1. The Balaban J connectivity index is 0.00000190. The molecule has 0 fully saturated rings. The minimum absolute atomic E-state index is 0. The van der Waals surface area contributed by atoms with Gasteiger partial charge in [0.05, 0.1) is 35.6 Å². The second-order valence-electron chi connectivity index (χ2n) is 8.25. The number of nitrogens with two attached hydrogens (primary N) is 1. The highest BCUT2D eigenvalue weighted by molar-refractivity contribution is 6.05. The maximum atomic E-state index is 12.8. The second kappa shape index (κ2) is 12.1. The van der Waals surface area contributed by atoms with Crippen LogP contribution in [0.1, 0.15) is 10.4 Å². The largest absolute Gasteiger partial charge is 1.00 e. The first-order valence-corrected chi connectivity index (χ1v) is 11.2. The van der Waals surface area contributed by atoms with Crippen LogP contribution in [-0.4, -0.2) is 15.5 Å². The van der Waals surface area contributed by atoms with Crippen LogP contribution in [0.4, 0.5) is 34.1 Å². The number of fused-ring (bicyclic) bond motifs is 1. The highest BCUT2D eigenvalue weighted by Crippen LogP contribution is 2.27. The van der Waals surface area contributed by atoms with E-state index < -0.39 is 0 Å². The van der Waals surface area contributed by atoms with E-state index in [4.69, 9.17) is 5.73 Å². The molecule has 37 heavy (non-hydrogen) atoms. The molecule has 0 aliphatic carbocycles. The molecule has 0 saturated carbocycles. The molecule has 0 aliphatic heterocycles. The number of carbonyl (C=O) groups is 1. The number of rotatable bonds is 6. The van der Waals surface area contributed by atoms with Gasteiger partial charge in [0.2, 0.25) is 0 Å². The smallest absolute Gasteiger partial charge is 0.256 e. The van der Waals surface area contributed by atoms with Gasteiger partial charge in [0.25, 0.3) is 5.91 Å². The molecule has 1 amide bonds. The Kier molecular flexibility index (Phi) is 8.90. The van der Waals surface area contributed by atoms with Crippen molar-refractivity contribution in [1.29, 1.82) is 0 Å². The third kappa shape index (κ3) is 6.67. The Hall–Kier alpha value is -4.33. The molecule has 3 aromatic carbocycles. The predicted molar refractivity (Wildman–Crippen MR) is 151 cm³/mol. The third-order valence-corrected chi connectivity index (χ3v) is 5.58. The minimum atomic E-state index is -0.176. The monoisotopic (exact) mass is 532 g/mol. The summed E-state index contributed by atoms with van der Waals surface area (Å²) in [6.45, 7) is 0. The Morgan fingerprint density at radius 1 is 0.919 bits per heavy atom. The van der Waals surface area contributed by atoms with Gasteiger partial charge in [-0.25, -0.2) is 0 Å². The summed E-state index contributed by atoms with van der Waals surface area (Å²) in [5, 5.41) is 10.6. The maximum Gasteiger partial charge on any atom is 0.256 e. The molecule has 0 radical (unpaired) electrons. The topological polar surface area (TPSA) is 97.0 Å². The minimum Gasteiger partial charge on any atom is -1.00 e. The number of benzene rings is 3. The van der Waals surface area contributed by atoms with E-state index in [0.717, 1.165) is 33.7 Å².